The fourth-order valence-corrected chi connectivity index (χ4v) is 2.21. The van der Waals surface area contributed by atoms with Crippen molar-refractivity contribution in [2.75, 3.05) is 24.7 Å². The fourth-order valence-electron chi connectivity index (χ4n) is 1.40. The molecule has 3 N–H and O–H groups in total. The van der Waals surface area contributed by atoms with Gasteiger partial charge in [0.2, 0.25) is 5.91 Å². The fraction of sp³-hybridized carbons (Fsp3) is 0.385. The van der Waals surface area contributed by atoms with Gasteiger partial charge >= 0.3 is 5.97 Å². The van der Waals surface area contributed by atoms with Gasteiger partial charge < -0.3 is 15.8 Å². The molecule has 0 heterocycles. The summed E-state index contributed by atoms with van der Waals surface area (Å²) in [7, 11) is 1.37. The third kappa shape index (κ3) is 6.26. The van der Waals surface area contributed by atoms with E-state index >= 15 is 0 Å². The molecule has 0 saturated carbocycles. The van der Waals surface area contributed by atoms with Crippen LogP contribution in [0.15, 0.2) is 24.3 Å². The molecule has 6 heteroatoms. The number of rotatable bonds is 7. The topological polar surface area (TPSA) is 81.4 Å². The van der Waals surface area contributed by atoms with Gasteiger partial charge in [-0.1, -0.05) is 12.1 Å². The van der Waals surface area contributed by atoms with Gasteiger partial charge in [0.1, 0.15) is 0 Å². The van der Waals surface area contributed by atoms with E-state index in [0.717, 1.165) is 11.3 Å². The van der Waals surface area contributed by atoms with E-state index < -0.39 is 0 Å². The Morgan fingerprint density at radius 2 is 2.21 bits per heavy atom. The van der Waals surface area contributed by atoms with Crippen molar-refractivity contribution in [2.24, 2.45) is 5.73 Å². The van der Waals surface area contributed by atoms with E-state index in [1.54, 1.807) is 0 Å². The zero-order valence-corrected chi connectivity index (χ0v) is 11.7. The molecular formula is C13H18N2O3S. The Bertz CT molecular complexity index is 438. The van der Waals surface area contributed by atoms with Crippen LogP contribution in [0.2, 0.25) is 0 Å². The summed E-state index contributed by atoms with van der Waals surface area (Å²) in [6.07, 6.45) is 0.307. The summed E-state index contributed by atoms with van der Waals surface area (Å²) < 4.78 is 4.56. The molecule has 0 saturated heterocycles. The lowest BCUT2D eigenvalue weighted by Crippen LogP contribution is -2.16. The van der Waals surface area contributed by atoms with E-state index in [0.29, 0.717) is 24.5 Å². The van der Waals surface area contributed by atoms with Gasteiger partial charge in [-0.05, 0) is 17.7 Å². The maximum Gasteiger partial charge on any atom is 0.315 e. The predicted octanol–water partition coefficient (Wildman–Crippen LogP) is 1.38. The second-order valence-electron chi connectivity index (χ2n) is 3.86. The predicted molar refractivity (Wildman–Crippen MR) is 76.9 cm³/mol. The van der Waals surface area contributed by atoms with Crippen LogP contribution in [0.4, 0.5) is 5.69 Å². The summed E-state index contributed by atoms with van der Waals surface area (Å²) in [6, 6.07) is 7.52. The molecule has 0 fully saturated rings. The van der Waals surface area contributed by atoms with Gasteiger partial charge in [0.05, 0.1) is 12.9 Å². The van der Waals surface area contributed by atoms with Crippen molar-refractivity contribution < 1.29 is 14.3 Å². The van der Waals surface area contributed by atoms with Crippen molar-refractivity contribution >= 4 is 29.3 Å². The van der Waals surface area contributed by atoms with Gasteiger partial charge in [-0.3, -0.25) is 9.59 Å². The summed E-state index contributed by atoms with van der Waals surface area (Å²) in [6.45, 7) is 0.334. The summed E-state index contributed by atoms with van der Waals surface area (Å²) >= 11 is 1.47. The number of carbonyl (C=O) groups excluding carboxylic acids is 2. The first-order chi connectivity index (χ1) is 9.15. The molecule has 0 radical (unpaired) electrons. The van der Waals surface area contributed by atoms with Gasteiger partial charge in [-0.15, -0.1) is 11.8 Å². The van der Waals surface area contributed by atoms with Crippen molar-refractivity contribution in [3.63, 3.8) is 0 Å². The SMILES string of the molecule is COC(=O)CSCc1cccc(NC(=O)CCN)c1. The summed E-state index contributed by atoms with van der Waals surface area (Å²) in [5, 5.41) is 2.77. The van der Waals surface area contributed by atoms with Gasteiger partial charge in [0.25, 0.3) is 0 Å². The van der Waals surface area contributed by atoms with Gasteiger partial charge in [-0.25, -0.2) is 0 Å². The average molecular weight is 282 g/mol. The van der Waals surface area contributed by atoms with Crippen LogP contribution in [0.1, 0.15) is 12.0 Å². The van der Waals surface area contributed by atoms with Crippen LogP contribution in [-0.2, 0) is 20.1 Å². The monoisotopic (exact) mass is 282 g/mol. The third-order valence-corrected chi connectivity index (χ3v) is 3.28. The molecule has 1 aromatic rings. The molecule has 1 aromatic carbocycles. The normalized spacial score (nSPS) is 10.0. The lowest BCUT2D eigenvalue weighted by molar-refractivity contribution is -0.137. The van der Waals surface area contributed by atoms with E-state index in [1.807, 2.05) is 24.3 Å². The molecule has 1 amide bonds. The smallest absolute Gasteiger partial charge is 0.315 e. The number of esters is 1. The number of amides is 1. The molecule has 0 bridgehead atoms. The second kappa shape index (κ2) is 8.55. The first-order valence-corrected chi connectivity index (χ1v) is 7.04. The molecule has 0 spiro atoms. The number of carbonyl (C=O) groups is 2. The van der Waals surface area contributed by atoms with E-state index in [-0.39, 0.29) is 11.9 Å². The number of ether oxygens (including phenoxy) is 1. The minimum Gasteiger partial charge on any atom is -0.468 e. The molecule has 0 atom stereocenters. The highest BCUT2D eigenvalue weighted by atomic mass is 32.2. The largest absolute Gasteiger partial charge is 0.468 e. The van der Waals surface area contributed by atoms with E-state index in [2.05, 4.69) is 10.1 Å². The number of thioether (sulfide) groups is 1. The summed E-state index contributed by atoms with van der Waals surface area (Å²) in [5.74, 6) is 0.676. The van der Waals surface area contributed by atoms with E-state index in [9.17, 15) is 9.59 Å². The number of nitrogens with two attached hydrogens (primary N) is 1. The summed E-state index contributed by atoms with van der Waals surface area (Å²) in [4.78, 5) is 22.4. The molecule has 0 aliphatic carbocycles. The van der Waals surface area contributed by atoms with Crippen molar-refractivity contribution in [3.8, 4) is 0 Å². The molecule has 104 valence electrons. The number of methoxy groups -OCH3 is 1. The van der Waals surface area contributed by atoms with Crippen LogP contribution >= 0.6 is 11.8 Å². The minimum absolute atomic E-state index is 0.0955. The van der Waals surface area contributed by atoms with Gasteiger partial charge in [0.15, 0.2) is 0 Å². The highest BCUT2D eigenvalue weighted by molar-refractivity contribution is 7.99. The van der Waals surface area contributed by atoms with Crippen molar-refractivity contribution in [3.05, 3.63) is 29.8 Å². The highest BCUT2D eigenvalue weighted by Gasteiger charge is 2.03. The summed E-state index contributed by atoms with van der Waals surface area (Å²) in [5.41, 5.74) is 7.10. The molecule has 0 aliphatic heterocycles. The molecule has 0 aliphatic rings. The first kappa shape index (κ1) is 15.5. The number of benzene rings is 1. The Labute approximate surface area is 116 Å². The van der Waals surface area contributed by atoms with E-state index in [4.69, 9.17) is 5.73 Å². The lowest BCUT2D eigenvalue weighted by Gasteiger charge is -2.07. The van der Waals surface area contributed by atoms with Crippen LogP contribution in [0.3, 0.4) is 0 Å². The Morgan fingerprint density at radius 1 is 1.42 bits per heavy atom. The zero-order chi connectivity index (χ0) is 14.1. The number of hydrogen-bond acceptors (Lipinski definition) is 5. The van der Waals surface area contributed by atoms with Crippen LogP contribution in [0.5, 0.6) is 0 Å². The molecule has 0 unspecified atom stereocenters. The standard InChI is InChI=1S/C13H18N2O3S/c1-18-13(17)9-19-8-10-3-2-4-11(7-10)15-12(16)5-6-14/h2-4,7H,5-6,8-9,14H2,1H3,(H,15,16). The first-order valence-electron chi connectivity index (χ1n) is 5.89. The Kier molecular flexibility index (Phi) is 6.99. The highest BCUT2D eigenvalue weighted by Crippen LogP contribution is 2.16. The van der Waals surface area contributed by atoms with Crippen LogP contribution in [0.25, 0.3) is 0 Å². The van der Waals surface area contributed by atoms with Crippen molar-refractivity contribution in [1.29, 1.82) is 0 Å². The third-order valence-electron chi connectivity index (χ3n) is 2.30. The molecule has 19 heavy (non-hydrogen) atoms. The zero-order valence-electron chi connectivity index (χ0n) is 10.8. The molecule has 1 rings (SSSR count). The Morgan fingerprint density at radius 3 is 2.89 bits per heavy atom. The maximum absolute atomic E-state index is 11.4. The molecular weight excluding hydrogens is 264 g/mol. The number of nitrogens with one attached hydrogen (secondary N) is 1. The van der Waals surface area contributed by atoms with Gasteiger partial charge in [0, 0.05) is 24.4 Å². The quantitative estimate of drug-likeness (QED) is 0.738. The Balaban J connectivity index is 2.47. The maximum atomic E-state index is 11.4. The van der Waals surface area contributed by atoms with Gasteiger partial charge in [-0.2, -0.15) is 0 Å². The van der Waals surface area contributed by atoms with E-state index in [1.165, 1.54) is 18.9 Å². The average Bonchev–Trinajstić information content (AvgIpc) is 2.39. The minimum atomic E-state index is -0.239. The Hall–Kier alpha value is -1.53. The van der Waals surface area contributed by atoms with Crippen LogP contribution < -0.4 is 11.1 Å². The second-order valence-corrected chi connectivity index (χ2v) is 4.84. The molecule has 0 aromatic heterocycles. The number of anilines is 1. The van der Waals surface area contributed by atoms with Crippen LogP contribution in [0, 0.1) is 0 Å². The van der Waals surface area contributed by atoms with Crippen molar-refractivity contribution in [2.45, 2.75) is 12.2 Å². The lowest BCUT2D eigenvalue weighted by atomic mass is 10.2. The van der Waals surface area contributed by atoms with Crippen LogP contribution in [-0.4, -0.2) is 31.3 Å². The molecule has 5 nitrogen and oxygen atoms in total. The number of hydrogen-bond donors (Lipinski definition) is 2. The van der Waals surface area contributed by atoms with Crippen molar-refractivity contribution in [1.82, 2.24) is 0 Å².